The lowest BCUT2D eigenvalue weighted by molar-refractivity contribution is 0.0680. The summed E-state index contributed by atoms with van der Waals surface area (Å²) in [7, 11) is 0. The van der Waals surface area contributed by atoms with Crippen molar-refractivity contribution in [3.63, 3.8) is 0 Å². The van der Waals surface area contributed by atoms with Crippen molar-refractivity contribution < 1.29 is 0 Å². The van der Waals surface area contributed by atoms with Gasteiger partial charge in [-0.15, -0.1) is 0 Å². The first-order chi connectivity index (χ1) is 8.76. The SMILES string of the molecule is CCC(C)C1CN(C2CCCSC2)C(CC)CN1. The summed E-state index contributed by atoms with van der Waals surface area (Å²) >= 11 is 2.16. The van der Waals surface area contributed by atoms with Crippen LogP contribution >= 0.6 is 11.8 Å². The molecular weight excluding hydrogens is 240 g/mol. The molecule has 0 aliphatic carbocycles. The van der Waals surface area contributed by atoms with Crippen molar-refractivity contribution in [1.82, 2.24) is 10.2 Å². The Kier molecular flexibility index (Phi) is 5.84. The smallest absolute Gasteiger partial charge is 0.0222 e. The average molecular weight is 270 g/mol. The Hall–Kier alpha value is 0.270. The minimum absolute atomic E-state index is 0.713. The van der Waals surface area contributed by atoms with Crippen LogP contribution in [0.2, 0.25) is 0 Å². The van der Waals surface area contributed by atoms with Gasteiger partial charge >= 0.3 is 0 Å². The second kappa shape index (κ2) is 7.16. The third-order valence-corrected chi connectivity index (χ3v) is 6.10. The molecule has 2 heterocycles. The maximum absolute atomic E-state index is 3.79. The average Bonchev–Trinajstić information content (AvgIpc) is 2.46. The molecule has 2 nitrogen and oxygen atoms in total. The number of hydrogen-bond donors (Lipinski definition) is 1. The van der Waals surface area contributed by atoms with Crippen LogP contribution in [0.25, 0.3) is 0 Å². The van der Waals surface area contributed by atoms with E-state index in [-0.39, 0.29) is 0 Å². The van der Waals surface area contributed by atoms with E-state index in [1.165, 1.54) is 50.3 Å². The topological polar surface area (TPSA) is 15.3 Å². The fourth-order valence-electron chi connectivity index (χ4n) is 3.32. The molecule has 0 amide bonds. The summed E-state index contributed by atoms with van der Waals surface area (Å²) in [4.78, 5) is 2.85. The predicted molar refractivity (Wildman–Crippen MR) is 82.4 cm³/mol. The molecule has 2 rings (SSSR count). The summed E-state index contributed by atoms with van der Waals surface area (Å²) in [6.07, 6.45) is 5.43. The third kappa shape index (κ3) is 3.43. The lowest BCUT2D eigenvalue weighted by Gasteiger charge is -2.47. The van der Waals surface area contributed by atoms with E-state index in [1.54, 1.807) is 0 Å². The van der Waals surface area contributed by atoms with Crippen molar-refractivity contribution in [3.8, 4) is 0 Å². The highest BCUT2D eigenvalue weighted by Gasteiger charge is 2.33. The number of hydrogen-bond acceptors (Lipinski definition) is 3. The van der Waals surface area contributed by atoms with Crippen molar-refractivity contribution in [2.45, 2.75) is 64.6 Å². The Morgan fingerprint density at radius 1 is 1.39 bits per heavy atom. The lowest BCUT2D eigenvalue weighted by atomic mass is 9.93. The van der Waals surface area contributed by atoms with Crippen molar-refractivity contribution in [2.24, 2.45) is 5.92 Å². The van der Waals surface area contributed by atoms with E-state index < -0.39 is 0 Å². The van der Waals surface area contributed by atoms with Crippen LogP contribution in [0.3, 0.4) is 0 Å². The zero-order chi connectivity index (χ0) is 13.0. The summed E-state index contributed by atoms with van der Waals surface area (Å²) < 4.78 is 0. The van der Waals surface area contributed by atoms with Gasteiger partial charge in [0.2, 0.25) is 0 Å². The van der Waals surface area contributed by atoms with Crippen LogP contribution < -0.4 is 5.32 Å². The lowest BCUT2D eigenvalue weighted by Crippen LogP contribution is -2.61. The van der Waals surface area contributed by atoms with Gasteiger partial charge in [0, 0.05) is 37.0 Å². The number of rotatable bonds is 4. The quantitative estimate of drug-likeness (QED) is 0.845. The van der Waals surface area contributed by atoms with E-state index in [4.69, 9.17) is 0 Å². The van der Waals surface area contributed by atoms with Gasteiger partial charge in [0.15, 0.2) is 0 Å². The standard InChI is InChI=1S/C15H30N2S/c1-4-12(3)15-10-17(13(5-2)9-16-15)14-7-6-8-18-11-14/h12-16H,4-11H2,1-3H3. The van der Waals surface area contributed by atoms with Gasteiger partial charge in [-0.25, -0.2) is 0 Å². The molecule has 4 unspecified atom stereocenters. The molecule has 0 bridgehead atoms. The monoisotopic (exact) mass is 270 g/mol. The number of piperazine rings is 1. The van der Waals surface area contributed by atoms with Gasteiger partial charge < -0.3 is 5.32 Å². The molecule has 0 radical (unpaired) electrons. The van der Waals surface area contributed by atoms with E-state index in [2.05, 4.69) is 42.7 Å². The molecule has 0 spiro atoms. The van der Waals surface area contributed by atoms with Crippen molar-refractivity contribution in [3.05, 3.63) is 0 Å². The minimum Gasteiger partial charge on any atom is -0.311 e. The van der Waals surface area contributed by atoms with Crippen LogP contribution in [0.15, 0.2) is 0 Å². The maximum atomic E-state index is 3.79. The zero-order valence-electron chi connectivity index (χ0n) is 12.3. The molecule has 1 N–H and O–H groups in total. The molecule has 2 aliphatic heterocycles. The normalized spacial score (nSPS) is 36.5. The third-order valence-electron chi connectivity index (χ3n) is 4.90. The second-order valence-electron chi connectivity index (χ2n) is 6.03. The highest BCUT2D eigenvalue weighted by molar-refractivity contribution is 7.99. The van der Waals surface area contributed by atoms with Gasteiger partial charge in [0.25, 0.3) is 0 Å². The van der Waals surface area contributed by atoms with Crippen LogP contribution in [0.1, 0.15) is 46.5 Å². The van der Waals surface area contributed by atoms with Crippen molar-refractivity contribution >= 4 is 11.8 Å². The van der Waals surface area contributed by atoms with Gasteiger partial charge in [-0.1, -0.05) is 27.2 Å². The first kappa shape index (κ1) is 14.7. The van der Waals surface area contributed by atoms with E-state index >= 15 is 0 Å². The summed E-state index contributed by atoms with van der Waals surface area (Å²) in [5, 5.41) is 3.79. The molecule has 2 aliphatic rings. The summed E-state index contributed by atoms with van der Waals surface area (Å²) in [5.41, 5.74) is 0. The predicted octanol–water partition coefficient (Wildman–Crippen LogP) is 2.98. The van der Waals surface area contributed by atoms with Gasteiger partial charge in [0.1, 0.15) is 0 Å². The molecule has 3 heteroatoms. The number of thioether (sulfide) groups is 1. The van der Waals surface area contributed by atoms with Crippen molar-refractivity contribution in [1.29, 1.82) is 0 Å². The first-order valence-corrected chi connectivity index (χ1v) is 8.98. The summed E-state index contributed by atoms with van der Waals surface area (Å²) in [6, 6.07) is 2.33. The number of nitrogens with zero attached hydrogens (tertiary/aromatic N) is 1. The molecule has 2 saturated heterocycles. The van der Waals surface area contributed by atoms with Gasteiger partial charge in [0.05, 0.1) is 0 Å². The largest absolute Gasteiger partial charge is 0.311 e. The fourth-order valence-corrected chi connectivity index (χ4v) is 4.49. The van der Waals surface area contributed by atoms with Gasteiger partial charge in [-0.3, -0.25) is 4.90 Å². The molecule has 0 saturated carbocycles. The molecular formula is C15H30N2S. The van der Waals surface area contributed by atoms with Crippen LogP contribution in [0.4, 0.5) is 0 Å². The highest BCUT2D eigenvalue weighted by Crippen LogP contribution is 2.27. The zero-order valence-corrected chi connectivity index (χ0v) is 13.1. The molecule has 0 aromatic carbocycles. The Morgan fingerprint density at radius 3 is 2.83 bits per heavy atom. The second-order valence-corrected chi connectivity index (χ2v) is 7.18. The highest BCUT2D eigenvalue weighted by atomic mass is 32.2. The summed E-state index contributed by atoms with van der Waals surface area (Å²) in [5.74, 6) is 3.55. The Labute approximate surface area is 117 Å². The fraction of sp³-hybridized carbons (Fsp3) is 1.00. The van der Waals surface area contributed by atoms with Crippen LogP contribution in [0.5, 0.6) is 0 Å². The minimum atomic E-state index is 0.713. The Morgan fingerprint density at radius 2 is 2.22 bits per heavy atom. The van der Waals surface area contributed by atoms with E-state index in [0.29, 0.717) is 6.04 Å². The number of nitrogens with one attached hydrogen (secondary N) is 1. The first-order valence-electron chi connectivity index (χ1n) is 7.83. The van der Waals surface area contributed by atoms with Crippen molar-refractivity contribution in [2.75, 3.05) is 24.6 Å². The van der Waals surface area contributed by atoms with Crippen LogP contribution in [-0.2, 0) is 0 Å². The molecule has 106 valence electrons. The molecule has 0 aromatic rings. The van der Waals surface area contributed by atoms with E-state index in [0.717, 1.165) is 18.0 Å². The Bertz CT molecular complexity index is 241. The Balaban J connectivity index is 1.98. The molecule has 0 aromatic heterocycles. The van der Waals surface area contributed by atoms with Crippen LogP contribution in [0, 0.1) is 5.92 Å². The molecule has 4 atom stereocenters. The van der Waals surface area contributed by atoms with Crippen LogP contribution in [-0.4, -0.2) is 47.6 Å². The van der Waals surface area contributed by atoms with Gasteiger partial charge in [-0.05, 0) is 30.9 Å². The summed E-state index contributed by atoms with van der Waals surface area (Å²) in [6.45, 7) is 9.54. The van der Waals surface area contributed by atoms with Gasteiger partial charge in [-0.2, -0.15) is 11.8 Å². The van der Waals surface area contributed by atoms with E-state index in [1.807, 2.05) is 0 Å². The van der Waals surface area contributed by atoms with E-state index in [9.17, 15) is 0 Å². The molecule has 2 fully saturated rings. The maximum Gasteiger partial charge on any atom is 0.0222 e. The molecule has 18 heavy (non-hydrogen) atoms.